The van der Waals surface area contributed by atoms with E-state index in [4.69, 9.17) is 9.15 Å². The second-order valence-corrected chi connectivity index (χ2v) is 7.88. The fourth-order valence-electron chi connectivity index (χ4n) is 2.81. The number of carbonyl (C=O) groups is 1. The Kier molecular flexibility index (Phi) is 4.60. The fraction of sp³-hybridized carbons (Fsp3) is 0.278. The quantitative estimate of drug-likeness (QED) is 0.690. The number of ether oxygens (including phenoxy) is 1. The fourth-order valence-corrected chi connectivity index (χ4v) is 4.63. The molecule has 0 saturated carbocycles. The average Bonchev–Trinajstić information content (AvgIpc) is 3.33. The zero-order valence-corrected chi connectivity index (χ0v) is 14.6. The molecule has 1 atom stereocenters. The van der Waals surface area contributed by atoms with Gasteiger partial charge >= 0.3 is 0 Å². The van der Waals surface area contributed by atoms with Gasteiger partial charge in [-0.3, -0.25) is 4.79 Å². The lowest BCUT2D eigenvalue weighted by Crippen LogP contribution is -2.35. The molecule has 24 heavy (non-hydrogen) atoms. The Morgan fingerprint density at radius 1 is 1.29 bits per heavy atom. The van der Waals surface area contributed by atoms with Crippen molar-refractivity contribution in [2.75, 3.05) is 13.2 Å². The molecule has 0 unspecified atom stereocenters. The Labute approximate surface area is 148 Å². The van der Waals surface area contributed by atoms with Crippen molar-refractivity contribution >= 4 is 40.0 Å². The third-order valence-corrected chi connectivity index (χ3v) is 6.18. The number of carbonyl (C=O) groups excluding carboxylic acids is 1. The Balaban J connectivity index is 1.62. The molecule has 1 fully saturated rings. The zero-order chi connectivity index (χ0) is 16.4. The Morgan fingerprint density at radius 2 is 2.21 bits per heavy atom. The Bertz CT molecular complexity index is 835. The second kappa shape index (κ2) is 7.01. The number of benzene rings is 1. The molecule has 124 valence electrons. The van der Waals surface area contributed by atoms with Gasteiger partial charge in [0.25, 0.3) is 5.91 Å². The highest BCUT2D eigenvalue weighted by molar-refractivity contribution is 8.00. The number of thioether (sulfide) groups is 1. The first-order chi connectivity index (χ1) is 11.8. The molecule has 3 aromatic rings. The molecule has 0 radical (unpaired) electrons. The highest BCUT2D eigenvalue weighted by Gasteiger charge is 2.24. The number of para-hydroxylation sites is 1. The molecule has 1 N–H and O–H groups in total. The van der Waals surface area contributed by atoms with Crippen molar-refractivity contribution in [1.29, 1.82) is 0 Å². The van der Waals surface area contributed by atoms with Crippen molar-refractivity contribution in [3.63, 3.8) is 0 Å². The first kappa shape index (κ1) is 15.7. The van der Waals surface area contributed by atoms with Gasteiger partial charge in [0.05, 0.1) is 16.9 Å². The average molecular weight is 359 g/mol. The summed E-state index contributed by atoms with van der Waals surface area (Å²) in [6, 6.07) is 12.0. The van der Waals surface area contributed by atoms with E-state index in [2.05, 4.69) is 16.8 Å². The van der Waals surface area contributed by atoms with Crippen LogP contribution in [-0.2, 0) is 10.5 Å². The molecule has 2 aromatic heterocycles. The monoisotopic (exact) mass is 359 g/mol. The van der Waals surface area contributed by atoms with E-state index in [0.717, 1.165) is 23.0 Å². The molecule has 0 bridgehead atoms. The van der Waals surface area contributed by atoms with Crippen LogP contribution in [0.25, 0.3) is 11.0 Å². The van der Waals surface area contributed by atoms with E-state index in [1.165, 1.54) is 4.21 Å². The van der Waals surface area contributed by atoms with Crippen molar-refractivity contribution in [3.05, 3.63) is 53.1 Å². The molecular weight excluding hydrogens is 342 g/mol. The summed E-state index contributed by atoms with van der Waals surface area (Å²) in [5, 5.41) is 6.09. The van der Waals surface area contributed by atoms with Gasteiger partial charge < -0.3 is 14.5 Å². The van der Waals surface area contributed by atoms with Gasteiger partial charge in [0.1, 0.15) is 5.58 Å². The summed E-state index contributed by atoms with van der Waals surface area (Å²) in [4.78, 5) is 12.7. The number of hydrogen-bond donors (Lipinski definition) is 1. The van der Waals surface area contributed by atoms with Gasteiger partial charge in [-0.2, -0.15) is 0 Å². The summed E-state index contributed by atoms with van der Waals surface area (Å²) in [6.07, 6.45) is 0.852. The molecule has 1 saturated heterocycles. The molecule has 3 heterocycles. The standard InChI is InChI=1S/C18H17NO3S2/c20-18(19-12-7-8-21-10-12)17-14(11-24-16-6-3-9-23-16)13-4-1-2-5-15(13)22-17/h1-6,9,12H,7-8,10-11H2,(H,19,20)/t12-/m1/s1. The minimum Gasteiger partial charge on any atom is -0.451 e. The van der Waals surface area contributed by atoms with Crippen LogP contribution in [0, 0.1) is 0 Å². The van der Waals surface area contributed by atoms with Gasteiger partial charge in [-0.15, -0.1) is 23.1 Å². The number of fused-ring (bicyclic) bond motifs is 1. The van der Waals surface area contributed by atoms with E-state index >= 15 is 0 Å². The van der Waals surface area contributed by atoms with Gasteiger partial charge in [0.2, 0.25) is 0 Å². The van der Waals surface area contributed by atoms with E-state index in [0.29, 0.717) is 24.7 Å². The maximum absolute atomic E-state index is 12.7. The number of rotatable bonds is 5. The molecule has 1 aliphatic heterocycles. The Hall–Kier alpha value is -1.76. The summed E-state index contributed by atoms with van der Waals surface area (Å²) >= 11 is 3.43. The van der Waals surface area contributed by atoms with Crippen molar-refractivity contribution in [2.24, 2.45) is 0 Å². The highest BCUT2D eigenvalue weighted by atomic mass is 32.2. The van der Waals surface area contributed by atoms with Crippen LogP contribution in [0.5, 0.6) is 0 Å². The van der Waals surface area contributed by atoms with E-state index < -0.39 is 0 Å². The first-order valence-corrected chi connectivity index (χ1v) is 9.73. The topological polar surface area (TPSA) is 51.5 Å². The molecule has 4 nitrogen and oxygen atoms in total. The SMILES string of the molecule is O=C(N[C@@H]1CCOC1)c1oc2ccccc2c1CSc1cccs1. The van der Waals surface area contributed by atoms with Crippen LogP contribution in [0.15, 0.2) is 50.4 Å². The lowest BCUT2D eigenvalue weighted by Gasteiger charge is -2.10. The summed E-state index contributed by atoms with van der Waals surface area (Å²) < 4.78 is 12.4. The van der Waals surface area contributed by atoms with Gasteiger partial charge in [-0.1, -0.05) is 24.3 Å². The predicted octanol–water partition coefficient (Wildman–Crippen LogP) is 4.31. The molecule has 0 spiro atoms. The third kappa shape index (κ3) is 3.22. The van der Waals surface area contributed by atoms with Crippen LogP contribution >= 0.6 is 23.1 Å². The number of hydrogen-bond acceptors (Lipinski definition) is 5. The number of thiophene rings is 1. The van der Waals surface area contributed by atoms with E-state index in [9.17, 15) is 4.79 Å². The molecule has 1 aromatic carbocycles. The largest absolute Gasteiger partial charge is 0.451 e. The van der Waals surface area contributed by atoms with Crippen LogP contribution in [0.2, 0.25) is 0 Å². The maximum Gasteiger partial charge on any atom is 0.287 e. The maximum atomic E-state index is 12.7. The molecule has 0 aliphatic carbocycles. The molecular formula is C18H17NO3S2. The van der Waals surface area contributed by atoms with Crippen molar-refractivity contribution in [2.45, 2.75) is 22.4 Å². The summed E-state index contributed by atoms with van der Waals surface area (Å²) in [5.74, 6) is 0.984. The molecule has 1 aliphatic rings. The van der Waals surface area contributed by atoms with Crippen LogP contribution in [0.3, 0.4) is 0 Å². The number of amides is 1. The van der Waals surface area contributed by atoms with Crippen molar-refractivity contribution in [3.8, 4) is 0 Å². The van der Waals surface area contributed by atoms with E-state index in [-0.39, 0.29) is 11.9 Å². The van der Waals surface area contributed by atoms with Crippen LogP contribution in [0.4, 0.5) is 0 Å². The minimum atomic E-state index is -0.150. The molecule has 6 heteroatoms. The summed E-state index contributed by atoms with van der Waals surface area (Å²) in [5.41, 5.74) is 1.72. The number of nitrogens with one attached hydrogen (secondary N) is 1. The predicted molar refractivity (Wildman–Crippen MR) is 96.8 cm³/mol. The summed E-state index contributed by atoms with van der Waals surface area (Å²) in [6.45, 7) is 1.28. The lowest BCUT2D eigenvalue weighted by atomic mass is 10.1. The van der Waals surface area contributed by atoms with Gasteiger partial charge in [0.15, 0.2) is 5.76 Å². The molecule has 1 amide bonds. The zero-order valence-electron chi connectivity index (χ0n) is 13.0. The van der Waals surface area contributed by atoms with Crippen molar-refractivity contribution < 1.29 is 13.9 Å². The second-order valence-electron chi connectivity index (χ2n) is 5.66. The van der Waals surface area contributed by atoms with Gasteiger partial charge in [0, 0.05) is 23.3 Å². The normalized spacial score (nSPS) is 17.4. The molecule has 4 rings (SSSR count). The summed E-state index contributed by atoms with van der Waals surface area (Å²) in [7, 11) is 0. The number of furan rings is 1. The Morgan fingerprint density at radius 3 is 3.00 bits per heavy atom. The smallest absolute Gasteiger partial charge is 0.287 e. The lowest BCUT2D eigenvalue weighted by molar-refractivity contribution is 0.0903. The van der Waals surface area contributed by atoms with E-state index in [1.807, 2.05) is 30.3 Å². The van der Waals surface area contributed by atoms with Crippen LogP contribution in [-0.4, -0.2) is 25.2 Å². The van der Waals surface area contributed by atoms with E-state index in [1.54, 1.807) is 23.1 Å². The van der Waals surface area contributed by atoms with Crippen molar-refractivity contribution in [1.82, 2.24) is 5.32 Å². The van der Waals surface area contributed by atoms with Crippen LogP contribution < -0.4 is 5.32 Å². The van der Waals surface area contributed by atoms with Gasteiger partial charge in [-0.25, -0.2) is 0 Å². The minimum absolute atomic E-state index is 0.0727. The third-order valence-electron chi connectivity index (χ3n) is 4.02. The highest BCUT2D eigenvalue weighted by Crippen LogP contribution is 2.33. The first-order valence-electron chi connectivity index (χ1n) is 7.86. The van der Waals surface area contributed by atoms with Gasteiger partial charge in [-0.05, 0) is 23.9 Å². The van der Waals surface area contributed by atoms with Crippen LogP contribution in [0.1, 0.15) is 22.5 Å².